The van der Waals surface area contributed by atoms with E-state index in [-0.39, 0.29) is 5.82 Å². The molecule has 0 atom stereocenters. The fraction of sp³-hybridized carbons (Fsp3) is 0.0588. The van der Waals surface area contributed by atoms with E-state index >= 15 is 0 Å². The molecule has 23 heavy (non-hydrogen) atoms. The van der Waals surface area contributed by atoms with E-state index in [0.717, 1.165) is 22.2 Å². The Morgan fingerprint density at radius 1 is 1.09 bits per heavy atom. The van der Waals surface area contributed by atoms with Crippen molar-refractivity contribution in [2.75, 3.05) is 5.73 Å². The van der Waals surface area contributed by atoms with Crippen LogP contribution in [0.2, 0.25) is 0 Å². The zero-order chi connectivity index (χ0) is 16.0. The van der Waals surface area contributed by atoms with Gasteiger partial charge in [0.1, 0.15) is 23.2 Å². The highest BCUT2D eigenvalue weighted by molar-refractivity contribution is 5.89. The number of imidazole rings is 1. The smallest absolute Gasteiger partial charge is 0.144 e. The molecular formula is C17H14FN5. The first kappa shape index (κ1) is 13.5. The standard InChI is InChI=1S/C17H14FN5/c1-23-16(19)14(15(22-23)10-6-8-11(18)9-7-10)17-20-12-4-2-3-5-13(12)21-17/h2-9H,19H2,1H3,(H,20,21). The van der Waals surface area contributed by atoms with Crippen LogP contribution in [-0.2, 0) is 7.05 Å². The summed E-state index contributed by atoms with van der Waals surface area (Å²) in [6.07, 6.45) is 0. The van der Waals surface area contributed by atoms with Crippen molar-refractivity contribution in [3.05, 3.63) is 54.3 Å². The first-order valence-corrected chi connectivity index (χ1v) is 7.17. The highest BCUT2D eigenvalue weighted by atomic mass is 19.1. The Hall–Kier alpha value is -3.15. The van der Waals surface area contributed by atoms with E-state index in [1.807, 2.05) is 24.3 Å². The lowest BCUT2D eigenvalue weighted by Gasteiger charge is -2.01. The Balaban J connectivity index is 1.95. The van der Waals surface area contributed by atoms with Crippen LogP contribution in [0.4, 0.5) is 10.2 Å². The van der Waals surface area contributed by atoms with Gasteiger partial charge in [-0.05, 0) is 36.4 Å². The lowest BCUT2D eigenvalue weighted by molar-refractivity contribution is 0.628. The highest BCUT2D eigenvalue weighted by Gasteiger charge is 2.20. The summed E-state index contributed by atoms with van der Waals surface area (Å²) in [6.45, 7) is 0. The molecule has 0 spiro atoms. The number of nitrogens with two attached hydrogens (primary N) is 1. The number of nitrogen functional groups attached to an aromatic ring is 1. The molecule has 0 fully saturated rings. The molecule has 0 radical (unpaired) electrons. The van der Waals surface area contributed by atoms with Crippen molar-refractivity contribution in [2.24, 2.45) is 7.05 Å². The van der Waals surface area contributed by atoms with Gasteiger partial charge in [0.25, 0.3) is 0 Å². The number of hydrogen-bond acceptors (Lipinski definition) is 3. The number of H-pyrrole nitrogens is 1. The van der Waals surface area contributed by atoms with Gasteiger partial charge in [-0.15, -0.1) is 0 Å². The maximum absolute atomic E-state index is 13.2. The van der Waals surface area contributed by atoms with Crippen LogP contribution < -0.4 is 5.73 Å². The molecule has 2 heterocycles. The van der Waals surface area contributed by atoms with E-state index < -0.39 is 0 Å². The Kier molecular flexibility index (Phi) is 2.90. The molecular weight excluding hydrogens is 293 g/mol. The van der Waals surface area contributed by atoms with Gasteiger partial charge in [-0.25, -0.2) is 9.37 Å². The average molecular weight is 307 g/mol. The lowest BCUT2D eigenvalue weighted by Crippen LogP contribution is -1.98. The van der Waals surface area contributed by atoms with Crippen LogP contribution in [0.1, 0.15) is 0 Å². The second-order valence-electron chi connectivity index (χ2n) is 5.34. The van der Waals surface area contributed by atoms with E-state index in [4.69, 9.17) is 5.73 Å². The van der Waals surface area contributed by atoms with Crippen molar-refractivity contribution in [2.45, 2.75) is 0 Å². The minimum atomic E-state index is -0.289. The molecule has 3 N–H and O–H groups in total. The first-order chi connectivity index (χ1) is 11.1. The van der Waals surface area contributed by atoms with E-state index in [2.05, 4.69) is 15.1 Å². The van der Waals surface area contributed by atoms with Crippen molar-refractivity contribution in [1.82, 2.24) is 19.7 Å². The summed E-state index contributed by atoms with van der Waals surface area (Å²) in [7, 11) is 1.77. The third-order valence-corrected chi connectivity index (χ3v) is 3.84. The normalized spacial score (nSPS) is 11.2. The van der Waals surface area contributed by atoms with Gasteiger partial charge in [0.05, 0.1) is 16.6 Å². The summed E-state index contributed by atoms with van der Waals surface area (Å²) in [6, 6.07) is 13.9. The third kappa shape index (κ3) is 2.15. The maximum atomic E-state index is 13.2. The minimum absolute atomic E-state index is 0.289. The molecule has 0 aliphatic rings. The van der Waals surface area contributed by atoms with Crippen LogP contribution >= 0.6 is 0 Å². The quantitative estimate of drug-likeness (QED) is 0.596. The summed E-state index contributed by atoms with van der Waals surface area (Å²) >= 11 is 0. The summed E-state index contributed by atoms with van der Waals surface area (Å²) in [4.78, 5) is 7.87. The number of nitrogens with zero attached hydrogens (tertiary/aromatic N) is 3. The van der Waals surface area contributed by atoms with Gasteiger partial charge in [0, 0.05) is 12.6 Å². The zero-order valence-corrected chi connectivity index (χ0v) is 12.4. The minimum Gasteiger partial charge on any atom is -0.383 e. The SMILES string of the molecule is Cn1nc(-c2ccc(F)cc2)c(-c2nc3ccccc3[nH]2)c1N. The number of aromatic nitrogens is 4. The molecule has 0 saturated carbocycles. The van der Waals surface area contributed by atoms with Crippen molar-refractivity contribution in [3.63, 3.8) is 0 Å². The molecule has 4 aromatic rings. The Labute approximate surface area is 131 Å². The number of benzene rings is 2. The number of anilines is 1. The molecule has 6 heteroatoms. The first-order valence-electron chi connectivity index (χ1n) is 7.17. The van der Waals surface area contributed by atoms with Crippen LogP contribution in [0.5, 0.6) is 0 Å². The Bertz CT molecular complexity index is 965. The van der Waals surface area contributed by atoms with E-state index in [0.29, 0.717) is 17.3 Å². The second-order valence-corrected chi connectivity index (χ2v) is 5.34. The largest absolute Gasteiger partial charge is 0.383 e. The molecule has 2 aromatic heterocycles. The fourth-order valence-corrected chi connectivity index (χ4v) is 2.65. The average Bonchev–Trinajstić information content (AvgIpc) is 3.09. The summed E-state index contributed by atoms with van der Waals surface area (Å²) in [5, 5.41) is 4.47. The van der Waals surface area contributed by atoms with Gasteiger partial charge in [-0.2, -0.15) is 5.10 Å². The van der Waals surface area contributed by atoms with Crippen LogP contribution in [-0.4, -0.2) is 19.7 Å². The van der Waals surface area contributed by atoms with Crippen LogP contribution in [0, 0.1) is 5.82 Å². The molecule has 114 valence electrons. The number of hydrogen-bond donors (Lipinski definition) is 2. The van der Waals surface area contributed by atoms with E-state index in [9.17, 15) is 4.39 Å². The molecule has 0 aliphatic heterocycles. The second kappa shape index (κ2) is 4.95. The topological polar surface area (TPSA) is 72.5 Å². The molecule has 4 rings (SSSR count). The Morgan fingerprint density at radius 2 is 1.83 bits per heavy atom. The van der Waals surface area contributed by atoms with E-state index in [1.54, 1.807) is 23.9 Å². The number of fused-ring (bicyclic) bond motifs is 1. The third-order valence-electron chi connectivity index (χ3n) is 3.84. The van der Waals surface area contributed by atoms with Crippen LogP contribution in [0.25, 0.3) is 33.7 Å². The molecule has 0 aliphatic carbocycles. The van der Waals surface area contributed by atoms with Crippen molar-refractivity contribution in [3.8, 4) is 22.6 Å². The molecule has 2 aromatic carbocycles. The maximum Gasteiger partial charge on any atom is 0.144 e. The number of rotatable bonds is 2. The fourth-order valence-electron chi connectivity index (χ4n) is 2.65. The highest BCUT2D eigenvalue weighted by Crippen LogP contribution is 2.35. The van der Waals surface area contributed by atoms with Gasteiger partial charge < -0.3 is 10.7 Å². The van der Waals surface area contributed by atoms with Gasteiger partial charge in [-0.3, -0.25) is 4.68 Å². The molecule has 0 saturated heterocycles. The van der Waals surface area contributed by atoms with Gasteiger partial charge in [0.15, 0.2) is 0 Å². The predicted octanol–water partition coefficient (Wildman–Crippen LogP) is 3.35. The molecule has 0 unspecified atom stereocenters. The van der Waals surface area contributed by atoms with Crippen LogP contribution in [0.3, 0.4) is 0 Å². The van der Waals surface area contributed by atoms with E-state index in [1.165, 1.54) is 12.1 Å². The molecule has 0 amide bonds. The van der Waals surface area contributed by atoms with Crippen molar-refractivity contribution >= 4 is 16.9 Å². The predicted molar refractivity (Wildman–Crippen MR) is 88.1 cm³/mol. The zero-order valence-electron chi connectivity index (χ0n) is 12.4. The van der Waals surface area contributed by atoms with Gasteiger partial charge in [0.2, 0.25) is 0 Å². The number of aryl methyl sites for hydroxylation is 1. The number of halogens is 1. The molecule has 5 nitrogen and oxygen atoms in total. The lowest BCUT2D eigenvalue weighted by atomic mass is 10.1. The summed E-state index contributed by atoms with van der Waals surface area (Å²) in [5.41, 5.74) is 10.1. The number of nitrogens with one attached hydrogen (secondary N) is 1. The van der Waals surface area contributed by atoms with Crippen LogP contribution in [0.15, 0.2) is 48.5 Å². The number of aromatic amines is 1. The summed E-state index contributed by atoms with van der Waals surface area (Å²) < 4.78 is 14.8. The van der Waals surface area contributed by atoms with Gasteiger partial charge in [-0.1, -0.05) is 12.1 Å². The summed E-state index contributed by atoms with van der Waals surface area (Å²) in [5.74, 6) is 0.863. The Morgan fingerprint density at radius 3 is 2.57 bits per heavy atom. The van der Waals surface area contributed by atoms with Crippen molar-refractivity contribution in [1.29, 1.82) is 0 Å². The number of para-hydroxylation sites is 2. The van der Waals surface area contributed by atoms with Crippen molar-refractivity contribution < 1.29 is 4.39 Å². The van der Waals surface area contributed by atoms with Gasteiger partial charge >= 0.3 is 0 Å². The monoisotopic (exact) mass is 307 g/mol. The molecule has 0 bridgehead atoms.